The molecule has 0 unspecified atom stereocenters. The Balaban J connectivity index is 1.69. The SMILES string of the molecule is CC1CCN(C(=O)c2cccc(C(=O)N3CCN(C)CC3)n2)CC1. The van der Waals surface area contributed by atoms with E-state index in [-0.39, 0.29) is 11.8 Å². The summed E-state index contributed by atoms with van der Waals surface area (Å²) in [4.78, 5) is 35.5. The number of carbonyl (C=O) groups is 2. The van der Waals surface area contributed by atoms with Gasteiger partial charge in [0.15, 0.2) is 0 Å². The van der Waals surface area contributed by atoms with E-state index in [4.69, 9.17) is 0 Å². The minimum Gasteiger partial charge on any atom is -0.337 e. The number of hydrogen-bond donors (Lipinski definition) is 0. The van der Waals surface area contributed by atoms with E-state index < -0.39 is 0 Å². The van der Waals surface area contributed by atoms with E-state index in [0.717, 1.165) is 39.0 Å². The number of likely N-dealkylation sites (N-methyl/N-ethyl adjacent to an activating group) is 1. The Morgan fingerprint density at radius 3 is 1.96 bits per heavy atom. The summed E-state index contributed by atoms with van der Waals surface area (Å²) in [6.45, 7) is 6.93. The molecule has 0 N–H and O–H groups in total. The zero-order valence-corrected chi connectivity index (χ0v) is 14.6. The lowest BCUT2D eigenvalue weighted by atomic mass is 9.99. The molecular formula is C18H26N4O2. The van der Waals surface area contributed by atoms with Gasteiger partial charge in [-0.15, -0.1) is 0 Å². The molecule has 2 aliphatic rings. The van der Waals surface area contributed by atoms with Crippen molar-refractivity contribution in [2.45, 2.75) is 19.8 Å². The molecule has 2 aliphatic heterocycles. The quantitative estimate of drug-likeness (QED) is 0.821. The van der Waals surface area contributed by atoms with Crippen molar-refractivity contribution in [3.8, 4) is 0 Å². The summed E-state index contributed by atoms with van der Waals surface area (Å²) in [7, 11) is 2.05. The van der Waals surface area contributed by atoms with Crippen LogP contribution in [0.5, 0.6) is 0 Å². The first-order chi connectivity index (χ1) is 11.5. The molecule has 130 valence electrons. The Bertz CT molecular complexity index is 554. The van der Waals surface area contributed by atoms with Crippen molar-refractivity contribution in [1.82, 2.24) is 19.7 Å². The van der Waals surface area contributed by atoms with Gasteiger partial charge in [0.2, 0.25) is 0 Å². The molecule has 24 heavy (non-hydrogen) atoms. The van der Waals surface area contributed by atoms with Gasteiger partial charge in [-0.05, 0) is 37.9 Å². The van der Waals surface area contributed by atoms with Crippen LogP contribution in [-0.2, 0) is 0 Å². The third kappa shape index (κ3) is 3.75. The van der Waals surface area contributed by atoms with Crippen LogP contribution < -0.4 is 0 Å². The van der Waals surface area contributed by atoms with E-state index in [2.05, 4.69) is 23.9 Å². The van der Waals surface area contributed by atoms with Gasteiger partial charge in [-0.3, -0.25) is 9.59 Å². The highest BCUT2D eigenvalue weighted by atomic mass is 16.2. The summed E-state index contributed by atoms with van der Waals surface area (Å²) >= 11 is 0. The van der Waals surface area contributed by atoms with Gasteiger partial charge in [-0.2, -0.15) is 0 Å². The molecule has 3 rings (SSSR count). The number of hydrogen-bond acceptors (Lipinski definition) is 4. The Morgan fingerprint density at radius 1 is 0.917 bits per heavy atom. The second kappa shape index (κ2) is 7.30. The summed E-state index contributed by atoms with van der Waals surface area (Å²) in [6, 6.07) is 5.17. The Labute approximate surface area is 143 Å². The number of pyridine rings is 1. The van der Waals surface area contributed by atoms with Crippen LogP contribution in [0, 0.1) is 5.92 Å². The molecule has 1 aromatic rings. The number of carbonyl (C=O) groups excluding carboxylic acids is 2. The van der Waals surface area contributed by atoms with Crippen molar-refractivity contribution in [2.24, 2.45) is 5.92 Å². The molecule has 0 bridgehead atoms. The van der Waals surface area contributed by atoms with Crippen LogP contribution in [0.15, 0.2) is 18.2 Å². The van der Waals surface area contributed by atoms with Crippen LogP contribution in [0.4, 0.5) is 0 Å². The average molecular weight is 330 g/mol. The average Bonchev–Trinajstić information content (AvgIpc) is 2.62. The topological polar surface area (TPSA) is 56.8 Å². The van der Waals surface area contributed by atoms with E-state index in [1.807, 2.05) is 9.80 Å². The molecule has 1 aromatic heterocycles. The summed E-state index contributed by atoms with van der Waals surface area (Å²) in [5.74, 6) is 0.534. The highest BCUT2D eigenvalue weighted by molar-refractivity contribution is 5.96. The summed E-state index contributed by atoms with van der Waals surface area (Å²) in [5, 5.41) is 0. The van der Waals surface area contributed by atoms with Gasteiger partial charge in [-0.25, -0.2) is 4.98 Å². The summed E-state index contributed by atoms with van der Waals surface area (Å²) in [5.41, 5.74) is 0.750. The first-order valence-electron chi connectivity index (χ1n) is 8.79. The Morgan fingerprint density at radius 2 is 1.42 bits per heavy atom. The zero-order valence-electron chi connectivity index (χ0n) is 14.6. The minimum atomic E-state index is -0.0787. The monoisotopic (exact) mass is 330 g/mol. The van der Waals surface area contributed by atoms with Crippen LogP contribution in [0.2, 0.25) is 0 Å². The molecule has 0 aliphatic carbocycles. The lowest BCUT2D eigenvalue weighted by Crippen LogP contribution is -2.47. The van der Waals surface area contributed by atoms with Gasteiger partial charge in [0, 0.05) is 39.3 Å². The van der Waals surface area contributed by atoms with Gasteiger partial charge >= 0.3 is 0 Å². The molecule has 2 amide bonds. The van der Waals surface area contributed by atoms with Crippen molar-refractivity contribution in [2.75, 3.05) is 46.3 Å². The van der Waals surface area contributed by atoms with Crippen molar-refractivity contribution in [3.63, 3.8) is 0 Å². The van der Waals surface area contributed by atoms with Crippen LogP contribution in [0.1, 0.15) is 40.7 Å². The maximum Gasteiger partial charge on any atom is 0.272 e. The number of nitrogens with zero attached hydrogens (tertiary/aromatic N) is 4. The van der Waals surface area contributed by atoms with E-state index >= 15 is 0 Å². The molecule has 0 radical (unpaired) electrons. The van der Waals surface area contributed by atoms with Gasteiger partial charge in [0.1, 0.15) is 11.4 Å². The van der Waals surface area contributed by atoms with Crippen molar-refractivity contribution in [1.29, 1.82) is 0 Å². The number of aromatic nitrogens is 1. The smallest absolute Gasteiger partial charge is 0.272 e. The molecule has 3 heterocycles. The lowest BCUT2D eigenvalue weighted by molar-refractivity contribution is 0.0656. The van der Waals surface area contributed by atoms with Crippen LogP contribution in [-0.4, -0.2) is 77.8 Å². The number of likely N-dealkylation sites (tertiary alicyclic amines) is 1. The molecule has 2 fully saturated rings. The Kier molecular flexibility index (Phi) is 5.14. The largest absolute Gasteiger partial charge is 0.337 e. The molecule has 6 heteroatoms. The third-order valence-corrected chi connectivity index (χ3v) is 5.05. The van der Waals surface area contributed by atoms with Crippen molar-refractivity contribution in [3.05, 3.63) is 29.6 Å². The Hall–Kier alpha value is -1.95. The predicted octanol–water partition coefficient (Wildman–Crippen LogP) is 1.34. The van der Waals surface area contributed by atoms with E-state index in [1.165, 1.54) is 0 Å². The fraction of sp³-hybridized carbons (Fsp3) is 0.611. The van der Waals surface area contributed by atoms with E-state index in [0.29, 0.717) is 30.4 Å². The summed E-state index contributed by atoms with van der Waals surface area (Å²) in [6.07, 6.45) is 2.07. The fourth-order valence-electron chi connectivity index (χ4n) is 3.22. The molecule has 0 atom stereocenters. The standard InChI is InChI=1S/C18H26N4O2/c1-14-6-8-21(9-7-14)17(23)15-4-3-5-16(19-15)18(24)22-12-10-20(2)11-13-22/h3-5,14H,6-13H2,1-2H3. The molecule has 6 nitrogen and oxygen atoms in total. The first kappa shape index (κ1) is 16.9. The number of piperazine rings is 1. The van der Waals surface area contributed by atoms with Gasteiger partial charge in [0.25, 0.3) is 11.8 Å². The van der Waals surface area contributed by atoms with Crippen molar-refractivity contribution < 1.29 is 9.59 Å². The fourth-order valence-corrected chi connectivity index (χ4v) is 3.22. The summed E-state index contributed by atoms with van der Waals surface area (Å²) < 4.78 is 0. The van der Waals surface area contributed by atoms with Crippen LogP contribution in [0.25, 0.3) is 0 Å². The molecule has 2 saturated heterocycles. The first-order valence-corrected chi connectivity index (χ1v) is 8.79. The molecule has 0 spiro atoms. The predicted molar refractivity (Wildman–Crippen MR) is 91.9 cm³/mol. The second-order valence-corrected chi connectivity index (χ2v) is 6.98. The second-order valence-electron chi connectivity index (χ2n) is 6.98. The third-order valence-electron chi connectivity index (χ3n) is 5.05. The van der Waals surface area contributed by atoms with E-state index in [9.17, 15) is 9.59 Å². The normalized spacial score (nSPS) is 20.2. The van der Waals surface area contributed by atoms with E-state index in [1.54, 1.807) is 18.2 Å². The molecular weight excluding hydrogens is 304 g/mol. The molecule has 0 saturated carbocycles. The zero-order chi connectivity index (χ0) is 17.1. The van der Waals surface area contributed by atoms with Gasteiger partial charge in [-0.1, -0.05) is 13.0 Å². The number of piperidine rings is 1. The highest BCUT2D eigenvalue weighted by Gasteiger charge is 2.25. The molecule has 0 aromatic carbocycles. The maximum absolute atomic E-state index is 12.6. The number of amides is 2. The van der Waals surface area contributed by atoms with Gasteiger partial charge < -0.3 is 14.7 Å². The number of rotatable bonds is 2. The van der Waals surface area contributed by atoms with Gasteiger partial charge in [0.05, 0.1) is 0 Å². The minimum absolute atomic E-state index is 0.0603. The van der Waals surface area contributed by atoms with Crippen molar-refractivity contribution >= 4 is 11.8 Å². The van der Waals surface area contributed by atoms with Crippen LogP contribution >= 0.6 is 0 Å². The lowest BCUT2D eigenvalue weighted by Gasteiger charge is -2.32. The van der Waals surface area contributed by atoms with Crippen LogP contribution in [0.3, 0.4) is 0 Å². The highest BCUT2D eigenvalue weighted by Crippen LogP contribution is 2.18. The maximum atomic E-state index is 12.6.